The Bertz CT molecular complexity index is 430. The lowest BCUT2D eigenvalue weighted by Crippen LogP contribution is -2.20. The van der Waals surface area contributed by atoms with Crippen molar-refractivity contribution in [3.05, 3.63) is 41.6 Å². The molecule has 1 aliphatic heterocycles. The van der Waals surface area contributed by atoms with Gasteiger partial charge in [0, 0.05) is 5.69 Å². The van der Waals surface area contributed by atoms with Crippen LogP contribution in [0.4, 0.5) is 5.69 Å². The van der Waals surface area contributed by atoms with Gasteiger partial charge in [-0.05, 0) is 18.6 Å². The van der Waals surface area contributed by atoms with E-state index in [9.17, 15) is 4.79 Å². The normalized spacial score (nSPS) is 23.3. The van der Waals surface area contributed by atoms with Gasteiger partial charge < -0.3 is 10.1 Å². The van der Waals surface area contributed by atoms with E-state index in [4.69, 9.17) is 4.74 Å². The number of anilines is 1. The number of nitrogens with one attached hydrogen (secondary N) is 1. The molecule has 2 atom stereocenters. The third kappa shape index (κ3) is 3.05. The van der Waals surface area contributed by atoms with Crippen molar-refractivity contribution in [3.8, 4) is 0 Å². The number of carbonyl (C=O) groups excluding carboxylic acids is 1. The summed E-state index contributed by atoms with van der Waals surface area (Å²) in [7, 11) is 3.47. The quantitative estimate of drug-likeness (QED) is 0.649. The molecule has 1 fully saturated rings. The number of allylic oxidation sites excluding steroid dienone is 1. The van der Waals surface area contributed by atoms with Gasteiger partial charge in [0.25, 0.3) is 5.91 Å². The average Bonchev–Trinajstić information content (AvgIpc) is 3.10. The number of amides is 1. The summed E-state index contributed by atoms with van der Waals surface area (Å²) < 4.78 is 5.34. The van der Waals surface area contributed by atoms with Crippen molar-refractivity contribution < 1.29 is 9.53 Å². The van der Waals surface area contributed by atoms with Crippen LogP contribution in [-0.2, 0) is 9.53 Å². The van der Waals surface area contributed by atoms with Crippen molar-refractivity contribution in [1.82, 2.24) is 0 Å². The summed E-state index contributed by atoms with van der Waals surface area (Å²) in [5.41, 5.74) is 0.793. The standard InChI is InChI=1S/C13H14NO2Si/c1-2-6-10(17)11-12(16-11)13(15)14-9-7-4-3-5-8-9/h3-8,11-12H,2H2,1H3,(H,14,15)/b10-6+/t11-,12+/m1/s1. The van der Waals surface area contributed by atoms with E-state index < -0.39 is 0 Å². The van der Waals surface area contributed by atoms with Crippen molar-refractivity contribution in [1.29, 1.82) is 0 Å². The van der Waals surface area contributed by atoms with Gasteiger partial charge in [-0.25, -0.2) is 0 Å². The zero-order chi connectivity index (χ0) is 12.3. The van der Waals surface area contributed by atoms with Gasteiger partial charge in [0.2, 0.25) is 0 Å². The number of ether oxygens (including phenoxy) is 1. The molecule has 1 heterocycles. The van der Waals surface area contributed by atoms with Crippen LogP contribution in [0, 0.1) is 0 Å². The van der Waals surface area contributed by atoms with E-state index >= 15 is 0 Å². The van der Waals surface area contributed by atoms with E-state index in [1.54, 1.807) is 0 Å². The fraction of sp³-hybridized carbons (Fsp3) is 0.308. The third-order valence-electron chi connectivity index (χ3n) is 2.52. The van der Waals surface area contributed by atoms with E-state index in [0.29, 0.717) is 0 Å². The maximum absolute atomic E-state index is 11.8. The summed E-state index contributed by atoms with van der Waals surface area (Å²) in [5.74, 6) is -0.0959. The Kier molecular flexibility index (Phi) is 3.76. The molecule has 1 amide bonds. The lowest BCUT2D eigenvalue weighted by atomic mass is 10.2. The van der Waals surface area contributed by atoms with E-state index in [2.05, 4.69) is 15.6 Å². The molecule has 1 aliphatic rings. The molecule has 1 N–H and O–H groups in total. The van der Waals surface area contributed by atoms with Crippen molar-refractivity contribution in [2.45, 2.75) is 25.6 Å². The minimum absolute atomic E-state index is 0.0959. The molecule has 0 bridgehead atoms. The minimum atomic E-state index is -0.370. The molecule has 1 aromatic carbocycles. The molecule has 3 nitrogen and oxygen atoms in total. The fourth-order valence-corrected chi connectivity index (χ4v) is 2.04. The number of hydrogen-bond donors (Lipinski definition) is 1. The highest BCUT2D eigenvalue weighted by Gasteiger charge is 2.45. The van der Waals surface area contributed by atoms with Crippen LogP contribution in [0.2, 0.25) is 0 Å². The van der Waals surface area contributed by atoms with Crippen LogP contribution < -0.4 is 5.32 Å². The maximum Gasteiger partial charge on any atom is 0.256 e. The first kappa shape index (κ1) is 12.1. The summed E-state index contributed by atoms with van der Waals surface area (Å²) in [5, 5.41) is 3.76. The second kappa shape index (κ2) is 5.29. The van der Waals surface area contributed by atoms with Gasteiger partial charge >= 0.3 is 0 Å². The predicted molar refractivity (Wildman–Crippen MR) is 67.9 cm³/mol. The van der Waals surface area contributed by atoms with Crippen LogP contribution in [0.3, 0.4) is 0 Å². The van der Waals surface area contributed by atoms with Gasteiger partial charge in [0.15, 0.2) is 6.10 Å². The molecule has 0 unspecified atom stereocenters. The summed E-state index contributed by atoms with van der Waals surface area (Å²) in [4.78, 5) is 11.8. The van der Waals surface area contributed by atoms with E-state index in [1.165, 1.54) is 0 Å². The first-order chi connectivity index (χ1) is 8.22. The van der Waals surface area contributed by atoms with Gasteiger partial charge in [-0.1, -0.05) is 36.4 Å². The SMILES string of the molecule is CC/C=C(/[Si])[C@H]1O[C@@H]1C(=O)Nc1ccccc1. The lowest BCUT2D eigenvalue weighted by Gasteiger charge is -2.02. The molecule has 0 saturated carbocycles. The monoisotopic (exact) mass is 244 g/mol. The zero-order valence-corrected chi connectivity index (χ0v) is 10.6. The predicted octanol–water partition coefficient (Wildman–Crippen LogP) is 1.85. The van der Waals surface area contributed by atoms with Crippen LogP contribution >= 0.6 is 0 Å². The molecule has 1 aromatic rings. The Morgan fingerprint density at radius 3 is 2.76 bits per heavy atom. The Labute approximate surface area is 104 Å². The molecular weight excluding hydrogens is 230 g/mol. The van der Waals surface area contributed by atoms with Crippen LogP contribution in [0.15, 0.2) is 41.6 Å². The summed E-state index contributed by atoms with van der Waals surface area (Å²) in [6, 6.07) is 9.38. The van der Waals surface area contributed by atoms with Crippen molar-refractivity contribution >= 4 is 21.8 Å². The Hall–Kier alpha value is -1.39. The van der Waals surface area contributed by atoms with E-state index in [1.807, 2.05) is 43.3 Å². The highest BCUT2D eigenvalue weighted by atomic mass is 28.1. The van der Waals surface area contributed by atoms with Crippen LogP contribution in [0.25, 0.3) is 0 Å². The largest absolute Gasteiger partial charge is 0.355 e. The minimum Gasteiger partial charge on any atom is -0.355 e. The average molecular weight is 244 g/mol. The molecule has 2 rings (SSSR count). The Balaban J connectivity index is 1.90. The number of rotatable bonds is 4. The van der Waals surface area contributed by atoms with Crippen molar-refractivity contribution in [2.75, 3.05) is 5.32 Å². The Morgan fingerprint density at radius 1 is 1.41 bits per heavy atom. The number of benzene rings is 1. The van der Waals surface area contributed by atoms with Gasteiger partial charge in [0.05, 0.1) is 10.2 Å². The highest BCUT2D eigenvalue weighted by Crippen LogP contribution is 2.29. The highest BCUT2D eigenvalue weighted by molar-refractivity contribution is 6.23. The van der Waals surface area contributed by atoms with Crippen molar-refractivity contribution in [3.63, 3.8) is 0 Å². The summed E-state index contributed by atoms with van der Waals surface area (Å²) in [6.45, 7) is 2.04. The van der Waals surface area contributed by atoms with Crippen molar-refractivity contribution in [2.24, 2.45) is 0 Å². The lowest BCUT2D eigenvalue weighted by molar-refractivity contribution is -0.117. The first-order valence-electron chi connectivity index (χ1n) is 5.65. The maximum atomic E-state index is 11.8. The topological polar surface area (TPSA) is 41.6 Å². The number of hydrogen-bond acceptors (Lipinski definition) is 2. The van der Waals surface area contributed by atoms with Gasteiger partial charge in [-0.2, -0.15) is 0 Å². The smallest absolute Gasteiger partial charge is 0.256 e. The molecule has 87 valence electrons. The van der Waals surface area contributed by atoms with E-state index in [0.717, 1.165) is 17.3 Å². The number of carbonyl (C=O) groups is 1. The molecule has 0 spiro atoms. The van der Waals surface area contributed by atoms with Crippen LogP contribution in [0.1, 0.15) is 13.3 Å². The number of para-hydroxylation sites is 1. The fourth-order valence-electron chi connectivity index (χ4n) is 1.62. The summed E-state index contributed by atoms with van der Waals surface area (Å²) in [6.07, 6.45) is 2.45. The molecule has 17 heavy (non-hydrogen) atoms. The first-order valence-corrected chi connectivity index (χ1v) is 6.15. The Morgan fingerprint density at radius 2 is 2.12 bits per heavy atom. The molecule has 0 aromatic heterocycles. The van der Waals surface area contributed by atoms with Crippen LogP contribution in [0.5, 0.6) is 0 Å². The molecule has 4 heteroatoms. The third-order valence-corrected chi connectivity index (χ3v) is 3.01. The molecule has 1 saturated heterocycles. The second-order valence-electron chi connectivity index (χ2n) is 3.90. The summed E-state index contributed by atoms with van der Waals surface area (Å²) >= 11 is 0. The molecule has 0 aliphatic carbocycles. The van der Waals surface area contributed by atoms with Gasteiger partial charge in [-0.3, -0.25) is 4.79 Å². The molecule has 3 radical (unpaired) electrons. The second-order valence-corrected chi connectivity index (χ2v) is 4.48. The van der Waals surface area contributed by atoms with Gasteiger partial charge in [0.1, 0.15) is 6.10 Å². The molecular formula is C13H14NO2Si. The van der Waals surface area contributed by atoms with Crippen LogP contribution in [-0.4, -0.2) is 28.4 Å². The zero-order valence-electron chi connectivity index (χ0n) is 9.64. The number of epoxide rings is 1. The van der Waals surface area contributed by atoms with E-state index in [-0.39, 0.29) is 18.1 Å². The van der Waals surface area contributed by atoms with Gasteiger partial charge in [-0.15, -0.1) is 0 Å².